The summed E-state index contributed by atoms with van der Waals surface area (Å²) in [5, 5.41) is 4.73. The standard InChI is InChI=1S/C47H53N7O6/c1-8-29(9-2)19-43(55)53(24-30(10-3)16-17-58-6)25-41-48-23-39(50-41)32-12-14-35-33(20-32)27-60-40-22-36-31(21-37(35)40)13-15-38-45(36)51-42(49-38)26-54-34(11-4)18-28(5)44(46(54)56)52-47(57)59-7/h8,10,12-15,20-23,28-30,34,44H,1,3,9,11,18-19,24-27H2,2,4-7H3,(H,48,50)(H,49,51)(H,52,57)/t28?,29-,30?,34-,44+/m1/s1. The van der Waals surface area contributed by atoms with Crippen molar-refractivity contribution >= 4 is 39.7 Å². The largest absolute Gasteiger partial charge is 0.488 e. The van der Waals surface area contributed by atoms with Crippen LogP contribution in [0.5, 0.6) is 5.75 Å². The molecular formula is C47H53N7O6. The average Bonchev–Trinajstić information content (AvgIpc) is 3.92. The first-order chi connectivity index (χ1) is 29.1. The minimum Gasteiger partial charge on any atom is -0.488 e. The number of piperidine rings is 1. The number of fused-ring (bicyclic) bond motifs is 6. The van der Waals surface area contributed by atoms with Gasteiger partial charge in [0.25, 0.3) is 0 Å². The molecule has 60 heavy (non-hydrogen) atoms. The molecule has 2 unspecified atom stereocenters. The minimum absolute atomic E-state index is 0.00475. The number of aromatic nitrogens is 4. The lowest BCUT2D eigenvalue weighted by Crippen LogP contribution is -2.59. The third-order valence-corrected chi connectivity index (χ3v) is 11.8. The summed E-state index contributed by atoms with van der Waals surface area (Å²) >= 11 is 0. The lowest BCUT2D eigenvalue weighted by Gasteiger charge is -2.42. The van der Waals surface area contributed by atoms with E-state index in [4.69, 9.17) is 19.2 Å². The van der Waals surface area contributed by atoms with Gasteiger partial charge >= 0.3 is 6.09 Å². The van der Waals surface area contributed by atoms with Gasteiger partial charge in [-0.05, 0) is 77.4 Å². The molecule has 0 saturated carbocycles. The molecule has 0 radical (unpaired) electrons. The molecular weight excluding hydrogens is 759 g/mol. The summed E-state index contributed by atoms with van der Waals surface area (Å²) in [7, 11) is 2.80. The zero-order valence-electron chi connectivity index (χ0n) is 35.0. The molecule has 1 fully saturated rings. The van der Waals surface area contributed by atoms with Crippen LogP contribution in [0, 0.1) is 29.8 Å². The summed E-state index contributed by atoms with van der Waals surface area (Å²) in [5.41, 5.74) is 6.58. The number of carbonyl (C=O) groups is 3. The van der Waals surface area contributed by atoms with Crippen LogP contribution in [-0.2, 0) is 38.8 Å². The fourth-order valence-corrected chi connectivity index (χ4v) is 8.35. The lowest BCUT2D eigenvalue weighted by atomic mass is 9.86. The van der Waals surface area contributed by atoms with E-state index in [9.17, 15) is 14.4 Å². The van der Waals surface area contributed by atoms with Crippen LogP contribution in [-0.4, -0.2) is 80.5 Å². The number of amides is 3. The first-order valence-corrected chi connectivity index (χ1v) is 20.5. The fraction of sp³-hybridized carbons (Fsp3) is 0.383. The van der Waals surface area contributed by atoms with Crippen molar-refractivity contribution in [3.8, 4) is 40.2 Å². The highest BCUT2D eigenvalue weighted by Gasteiger charge is 2.40. The Morgan fingerprint density at radius 3 is 2.67 bits per heavy atom. The van der Waals surface area contributed by atoms with E-state index < -0.39 is 12.1 Å². The number of nitrogens with one attached hydrogen (secondary N) is 3. The van der Waals surface area contributed by atoms with E-state index >= 15 is 0 Å². The van der Waals surface area contributed by atoms with Crippen LogP contribution in [0.15, 0.2) is 74.0 Å². The van der Waals surface area contributed by atoms with Crippen LogP contribution < -0.4 is 10.1 Å². The van der Waals surface area contributed by atoms with Crippen LogP contribution in [0.25, 0.3) is 44.2 Å². The molecule has 3 amide bonds. The van der Waals surface area contributed by atoms with Gasteiger partial charge < -0.3 is 39.3 Å². The molecule has 5 atom stereocenters. The molecule has 13 nitrogen and oxygen atoms in total. The number of ether oxygens (including phenoxy) is 3. The molecule has 2 aliphatic rings. The van der Waals surface area contributed by atoms with E-state index in [0.29, 0.717) is 37.8 Å². The van der Waals surface area contributed by atoms with Crippen LogP contribution in [0.3, 0.4) is 0 Å². The maximum absolute atomic E-state index is 13.7. The van der Waals surface area contributed by atoms with Gasteiger partial charge in [-0.2, -0.15) is 0 Å². The Balaban J connectivity index is 1.11. The third kappa shape index (κ3) is 8.59. The number of likely N-dealkylation sites (tertiary alicyclic amines) is 1. The van der Waals surface area contributed by atoms with Crippen LogP contribution in [0.1, 0.15) is 63.7 Å². The third-order valence-electron chi connectivity index (χ3n) is 11.8. The van der Waals surface area contributed by atoms with E-state index in [1.54, 1.807) is 17.2 Å². The summed E-state index contributed by atoms with van der Waals surface area (Å²) in [6, 6.07) is 13.9. The highest BCUT2D eigenvalue weighted by atomic mass is 16.5. The highest BCUT2D eigenvalue weighted by molar-refractivity contribution is 6.07. The zero-order valence-corrected chi connectivity index (χ0v) is 35.0. The van der Waals surface area contributed by atoms with Crippen molar-refractivity contribution in [1.29, 1.82) is 0 Å². The number of imidazole rings is 2. The van der Waals surface area contributed by atoms with Gasteiger partial charge in [0.05, 0.1) is 56.2 Å². The second-order valence-corrected chi connectivity index (χ2v) is 15.6. The molecule has 0 bridgehead atoms. The van der Waals surface area contributed by atoms with Crippen LogP contribution in [0.2, 0.25) is 0 Å². The second-order valence-electron chi connectivity index (χ2n) is 15.6. The molecule has 3 N–H and O–H groups in total. The number of nitrogens with zero attached hydrogens (tertiary/aromatic N) is 4. The van der Waals surface area contributed by atoms with Gasteiger partial charge in [0.1, 0.15) is 36.2 Å². The Hall–Kier alpha value is -6.55. The molecule has 4 heterocycles. The summed E-state index contributed by atoms with van der Waals surface area (Å²) < 4.78 is 16.1. The number of carbonyl (C=O) groups excluding carboxylic acids is 3. The highest BCUT2D eigenvalue weighted by Crippen LogP contribution is 2.42. The van der Waals surface area contributed by atoms with E-state index in [0.717, 1.165) is 74.8 Å². The van der Waals surface area contributed by atoms with Crippen molar-refractivity contribution in [1.82, 2.24) is 35.1 Å². The minimum atomic E-state index is -0.664. The molecule has 0 spiro atoms. The normalized spacial score (nSPS) is 18.0. The van der Waals surface area contributed by atoms with Gasteiger partial charge in [0, 0.05) is 30.0 Å². The summed E-state index contributed by atoms with van der Waals surface area (Å²) in [6.07, 6.45) is 10.1. The topological polar surface area (TPSA) is 155 Å². The van der Waals surface area contributed by atoms with Gasteiger partial charge in [-0.25, -0.2) is 14.8 Å². The molecule has 0 aliphatic carbocycles. The van der Waals surface area contributed by atoms with E-state index in [2.05, 4.69) is 88.8 Å². The molecule has 312 valence electrons. The van der Waals surface area contributed by atoms with Gasteiger partial charge in [-0.3, -0.25) is 9.59 Å². The zero-order chi connectivity index (χ0) is 42.5. The molecule has 1 saturated heterocycles. The van der Waals surface area contributed by atoms with Crippen molar-refractivity contribution < 1.29 is 28.6 Å². The Morgan fingerprint density at radius 2 is 1.93 bits per heavy atom. The lowest BCUT2D eigenvalue weighted by molar-refractivity contribution is -0.142. The Labute approximate surface area is 350 Å². The number of aromatic amines is 2. The number of hydrogen-bond acceptors (Lipinski definition) is 8. The van der Waals surface area contributed by atoms with Crippen LogP contribution >= 0.6 is 0 Å². The van der Waals surface area contributed by atoms with Crippen LogP contribution in [0.4, 0.5) is 4.79 Å². The van der Waals surface area contributed by atoms with Crippen molar-refractivity contribution in [3.05, 3.63) is 91.2 Å². The van der Waals surface area contributed by atoms with Gasteiger partial charge in [0.15, 0.2) is 0 Å². The monoisotopic (exact) mass is 811 g/mol. The predicted molar refractivity (Wildman–Crippen MR) is 231 cm³/mol. The number of methoxy groups -OCH3 is 2. The van der Waals surface area contributed by atoms with Gasteiger partial charge in [-0.15, -0.1) is 13.2 Å². The number of H-pyrrole nitrogens is 2. The molecule has 3 aromatic carbocycles. The van der Waals surface area contributed by atoms with Crippen molar-refractivity contribution in [2.45, 2.75) is 78.2 Å². The Bertz CT molecular complexity index is 2490. The Morgan fingerprint density at radius 1 is 1.10 bits per heavy atom. The van der Waals surface area contributed by atoms with Crippen molar-refractivity contribution in [3.63, 3.8) is 0 Å². The molecule has 13 heteroatoms. The molecule has 2 aliphatic heterocycles. The maximum atomic E-state index is 13.7. The van der Waals surface area contributed by atoms with E-state index in [1.165, 1.54) is 14.2 Å². The average molecular weight is 812 g/mol. The SMILES string of the molecule is C=CC(C#COC)CN(Cc1ncc(-c2ccc3c(c2)COc2cc4c(ccc5nc(CN6C(=O)[C@@H](NC(=O)OC)C(C)C[C@H]6CC)[nH]c54)cc2-3)[nH]1)C(=O)C[C@H](C=C)CC. The van der Waals surface area contributed by atoms with Crippen molar-refractivity contribution in [2.24, 2.45) is 17.8 Å². The second kappa shape index (κ2) is 18.2. The number of hydrogen-bond donors (Lipinski definition) is 3. The summed E-state index contributed by atoms with van der Waals surface area (Å²) in [4.78, 5) is 59.4. The Kier molecular flexibility index (Phi) is 12.6. The number of benzene rings is 3. The number of alkyl carbamates (subject to hydrolysis) is 1. The first kappa shape index (κ1) is 41.6. The molecule has 7 rings (SSSR count). The fourth-order valence-electron chi connectivity index (χ4n) is 8.35. The van der Waals surface area contributed by atoms with E-state index in [-0.39, 0.29) is 42.2 Å². The van der Waals surface area contributed by atoms with E-state index in [1.807, 2.05) is 30.9 Å². The number of allylic oxidation sites excluding steroid dienone is 1. The molecule has 5 aromatic rings. The summed E-state index contributed by atoms with van der Waals surface area (Å²) in [6.45, 7) is 15.2. The van der Waals surface area contributed by atoms with Gasteiger partial charge in [-0.1, -0.05) is 57.0 Å². The smallest absolute Gasteiger partial charge is 0.407 e. The first-order valence-electron chi connectivity index (χ1n) is 20.5. The molecule has 2 aromatic heterocycles. The maximum Gasteiger partial charge on any atom is 0.407 e. The summed E-state index contributed by atoms with van der Waals surface area (Å²) in [5.74, 6) is 4.76. The number of rotatable bonds is 14. The quantitative estimate of drug-likeness (QED) is 0.0756. The van der Waals surface area contributed by atoms with Crippen molar-refractivity contribution in [2.75, 3.05) is 20.8 Å². The van der Waals surface area contributed by atoms with Gasteiger partial charge in [0.2, 0.25) is 11.8 Å². The predicted octanol–water partition coefficient (Wildman–Crippen LogP) is 7.88.